The van der Waals surface area contributed by atoms with Crippen molar-refractivity contribution in [2.75, 3.05) is 20.0 Å². The van der Waals surface area contributed by atoms with Gasteiger partial charge < -0.3 is 14.2 Å². The van der Waals surface area contributed by atoms with E-state index in [0.29, 0.717) is 29.4 Å². The number of hydrogen-bond donors (Lipinski definition) is 0. The summed E-state index contributed by atoms with van der Waals surface area (Å²) in [6, 6.07) is 16.2. The summed E-state index contributed by atoms with van der Waals surface area (Å²) in [5.41, 5.74) is 0.460. The lowest BCUT2D eigenvalue weighted by atomic mass is 10.1. The predicted octanol–water partition coefficient (Wildman–Crippen LogP) is 4.22. The Hall–Kier alpha value is -3.37. The summed E-state index contributed by atoms with van der Waals surface area (Å²) in [4.78, 5) is 11.9. The molecule has 10 heteroatoms. The third-order valence-electron chi connectivity index (χ3n) is 4.92. The number of sulfone groups is 2. The number of hydrogen-bond acceptors (Lipinski definition) is 8. The third kappa shape index (κ3) is 6.83. The van der Waals surface area contributed by atoms with E-state index in [-0.39, 0.29) is 21.1 Å². The van der Waals surface area contributed by atoms with E-state index in [2.05, 4.69) is 0 Å². The lowest BCUT2D eigenvalue weighted by molar-refractivity contribution is -0.139. The van der Waals surface area contributed by atoms with Crippen molar-refractivity contribution in [3.8, 4) is 17.2 Å². The van der Waals surface area contributed by atoms with Crippen LogP contribution in [0.5, 0.6) is 17.2 Å². The van der Waals surface area contributed by atoms with E-state index in [0.717, 1.165) is 12.7 Å². The van der Waals surface area contributed by atoms with Crippen LogP contribution in [-0.2, 0) is 35.6 Å². The number of methoxy groups -OCH3 is 1. The maximum Gasteiger partial charge on any atom is 0.309 e. The van der Waals surface area contributed by atoms with Crippen molar-refractivity contribution in [1.29, 1.82) is 0 Å². The Bertz CT molecular complexity index is 1390. The third-order valence-corrected chi connectivity index (χ3v) is 7.80. The van der Waals surface area contributed by atoms with E-state index in [1.54, 1.807) is 6.07 Å². The van der Waals surface area contributed by atoms with Gasteiger partial charge in [-0.15, -0.1) is 0 Å². The highest BCUT2D eigenvalue weighted by Gasteiger charge is 2.21. The van der Waals surface area contributed by atoms with E-state index in [1.165, 1.54) is 67.8 Å². The number of rotatable bonds is 10. The number of benzene rings is 3. The molecule has 0 unspecified atom stereocenters. The lowest BCUT2D eigenvalue weighted by Gasteiger charge is -2.12. The molecular weight excluding hydrogens is 492 g/mol. The molecule has 3 rings (SSSR count). The van der Waals surface area contributed by atoms with E-state index < -0.39 is 25.6 Å². The Labute approximate surface area is 205 Å². The van der Waals surface area contributed by atoms with E-state index in [9.17, 15) is 21.6 Å². The van der Waals surface area contributed by atoms with Crippen molar-refractivity contribution in [1.82, 2.24) is 0 Å². The maximum atomic E-state index is 13.3. The molecule has 0 radical (unpaired) electrons. The average Bonchev–Trinajstić information content (AvgIpc) is 2.82. The SMILES string of the molecule is CCCOc1cc(CC(=O)OC)cc(S(=O)(=O)c2ccc(Oc3ccc(S(C)(=O)=O)cc3)cc2)c1. The molecular formula is C25H26O8S2. The highest BCUT2D eigenvalue weighted by molar-refractivity contribution is 7.91. The van der Waals surface area contributed by atoms with Gasteiger partial charge in [-0.25, -0.2) is 16.8 Å². The molecule has 0 heterocycles. The molecule has 8 nitrogen and oxygen atoms in total. The van der Waals surface area contributed by atoms with E-state index >= 15 is 0 Å². The van der Waals surface area contributed by atoms with Crippen molar-refractivity contribution in [2.45, 2.75) is 34.5 Å². The van der Waals surface area contributed by atoms with Crippen LogP contribution >= 0.6 is 0 Å². The van der Waals surface area contributed by atoms with Gasteiger partial charge in [-0.2, -0.15) is 0 Å². The van der Waals surface area contributed by atoms with Gasteiger partial charge >= 0.3 is 5.97 Å². The minimum absolute atomic E-state index is 0.00459. The summed E-state index contributed by atoms with van der Waals surface area (Å²) in [5, 5.41) is 0. The second-order valence-corrected chi connectivity index (χ2v) is 11.7. The molecule has 0 aromatic heterocycles. The number of carbonyl (C=O) groups excluding carboxylic acids is 1. The fraction of sp³-hybridized carbons (Fsp3) is 0.240. The first kappa shape index (κ1) is 26.2. The summed E-state index contributed by atoms with van der Waals surface area (Å²) in [7, 11) is -5.97. The monoisotopic (exact) mass is 518 g/mol. The first-order valence-corrected chi connectivity index (χ1v) is 14.1. The Morgan fingerprint density at radius 2 is 1.34 bits per heavy atom. The normalized spacial score (nSPS) is 11.6. The van der Waals surface area contributed by atoms with Crippen LogP contribution in [0.15, 0.2) is 81.4 Å². The Morgan fingerprint density at radius 1 is 0.771 bits per heavy atom. The highest BCUT2D eigenvalue weighted by Crippen LogP contribution is 2.29. The Balaban J connectivity index is 1.86. The van der Waals surface area contributed by atoms with Gasteiger partial charge in [0.2, 0.25) is 9.84 Å². The van der Waals surface area contributed by atoms with Crippen LogP contribution in [-0.4, -0.2) is 42.8 Å². The molecule has 186 valence electrons. The van der Waals surface area contributed by atoms with Gasteiger partial charge in [0.25, 0.3) is 0 Å². The van der Waals surface area contributed by atoms with Gasteiger partial charge in [0.1, 0.15) is 17.2 Å². The lowest BCUT2D eigenvalue weighted by Crippen LogP contribution is -2.08. The maximum absolute atomic E-state index is 13.3. The molecule has 0 fully saturated rings. The first-order valence-electron chi connectivity index (χ1n) is 10.7. The van der Waals surface area contributed by atoms with Gasteiger partial charge in [-0.3, -0.25) is 4.79 Å². The van der Waals surface area contributed by atoms with Crippen LogP contribution in [0.3, 0.4) is 0 Å². The van der Waals surface area contributed by atoms with E-state index in [4.69, 9.17) is 14.2 Å². The van der Waals surface area contributed by atoms with Crippen LogP contribution in [0.4, 0.5) is 0 Å². The predicted molar refractivity (Wildman–Crippen MR) is 129 cm³/mol. The molecule has 0 aliphatic carbocycles. The van der Waals surface area contributed by atoms with Crippen LogP contribution < -0.4 is 9.47 Å². The van der Waals surface area contributed by atoms with Crippen molar-refractivity contribution in [3.63, 3.8) is 0 Å². The molecule has 0 spiro atoms. The van der Waals surface area contributed by atoms with Gasteiger partial charge in [0, 0.05) is 6.26 Å². The second kappa shape index (κ2) is 10.9. The Morgan fingerprint density at radius 3 is 1.86 bits per heavy atom. The van der Waals surface area contributed by atoms with Crippen LogP contribution in [0, 0.1) is 0 Å². The van der Waals surface area contributed by atoms with Gasteiger partial charge in [0.05, 0.1) is 34.8 Å². The summed E-state index contributed by atoms with van der Waals surface area (Å²) in [6.45, 7) is 2.33. The topological polar surface area (TPSA) is 113 Å². The smallest absolute Gasteiger partial charge is 0.309 e. The molecule has 0 amide bonds. The summed E-state index contributed by atoms with van der Waals surface area (Å²) < 4.78 is 65.8. The van der Waals surface area contributed by atoms with Gasteiger partial charge in [-0.05, 0) is 78.7 Å². The van der Waals surface area contributed by atoms with Crippen molar-refractivity contribution < 1.29 is 35.8 Å². The molecule has 0 aliphatic rings. The van der Waals surface area contributed by atoms with Gasteiger partial charge in [-0.1, -0.05) is 6.92 Å². The molecule has 0 aliphatic heterocycles. The van der Waals surface area contributed by atoms with Crippen molar-refractivity contribution >= 4 is 25.6 Å². The minimum atomic E-state index is -3.92. The summed E-state index contributed by atoms with van der Waals surface area (Å²) >= 11 is 0. The largest absolute Gasteiger partial charge is 0.494 e. The fourth-order valence-electron chi connectivity index (χ4n) is 3.14. The average molecular weight is 519 g/mol. The van der Waals surface area contributed by atoms with Crippen molar-refractivity contribution in [2.24, 2.45) is 0 Å². The summed E-state index contributed by atoms with van der Waals surface area (Å²) in [6.07, 6.45) is 1.76. The van der Waals surface area contributed by atoms with Crippen LogP contribution in [0.25, 0.3) is 0 Å². The zero-order valence-electron chi connectivity index (χ0n) is 19.6. The molecule has 0 bridgehead atoms. The Kier molecular flexibility index (Phi) is 8.18. The van der Waals surface area contributed by atoms with Crippen molar-refractivity contribution in [3.05, 3.63) is 72.3 Å². The molecule has 0 atom stereocenters. The fourth-order valence-corrected chi connectivity index (χ4v) is 5.12. The molecule has 0 saturated carbocycles. The molecule has 0 N–H and O–H groups in total. The molecule has 3 aromatic carbocycles. The summed E-state index contributed by atoms with van der Waals surface area (Å²) in [5.74, 6) is 0.639. The van der Waals surface area contributed by atoms with E-state index in [1.807, 2.05) is 6.92 Å². The molecule has 3 aromatic rings. The minimum Gasteiger partial charge on any atom is -0.494 e. The number of ether oxygens (including phenoxy) is 3. The molecule has 0 saturated heterocycles. The van der Waals surface area contributed by atoms with Crippen LogP contribution in [0.1, 0.15) is 18.9 Å². The zero-order valence-corrected chi connectivity index (χ0v) is 21.2. The number of esters is 1. The zero-order chi connectivity index (χ0) is 25.6. The standard InChI is InChI=1S/C25H26O8S2/c1-4-13-32-21-14-18(16-25(26)31-2)15-24(17-21)35(29,30)23-11-7-20(8-12-23)33-19-5-9-22(10-6-19)34(3,27)28/h5-12,14-15,17H,4,13,16H2,1-3H3. The van der Waals surface area contributed by atoms with Crippen LogP contribution in [0.2, 0.25) is 0 Å². The molecule has 35 heavy (non-hydrogen) atoms. The first-order chi connectivity index (χ1) is 16.5. The van der Waals surface area contributed by atoms with Gasteiger partial charge in [0.15, 0.2) is 9.84 Å². The highest BCUT2D eigenvalue weighted by atomic mass is 32.2. The number of carbonyl (C=O) groups is 1. The second-order valence-electron chi connectivity index (χ2n) is 7.73. The quantitative estimate of drug-likeness (QED) is 0.367.